The van der Waals surface area contributed by atoms with E-state index >= 15 is 0 Å². The molecule has 2 heterocycles. The van der Waals surface area contributed by atoms with Crippen LogP contribution in [-0.4, -0.2) is 32.4 Å². The minimum absolute atomic E-state index is 0.196. The molecule has 4 rings (SSSR count). The smallest absolute Gasteiger partial charge is 0.357 e. The molecule has 2 aromatic carbocycles. The molecule has 11 heteroatoms. The van der Waals surface area contributed by atoms with E-state index in [9.17, 15) is 26.4 Å². The first-order valence-corrected chi connectivity index (χ1v) is 11.9. The highest BCUT2D eigenvalue weighted by atomic mass is 32.2. The van der Waals surface area contributed by atoms with Crippen molar-refractivity contribution < 1.29 is 26.4 Å². The lowest BCUT2D eigenvalue weighted by atomic mass is 10.2. The van der Waals surface area contributed by atoms with Crippen LogP contribution in [0, 0.1) is 0 Å². The van der Waals surface area contributed by atoms with Crippen LogP contribution in [0.1, 0.15) is 28.8 Å². The van der Waals surface area contributed by atoms with E-state index in [1.54, 1.807) is 12.3 Å². The molecule has 3 aromatic rings. The van der Waals surface area contributed by atoms with E-state index < -0.39 is 27.7 Å². The second kappa shape index (κ2) is 9.34. The highest BCUT2D eigenvalue weighted by Gasteiger charge is 2.30. The molecule has 0 unspecified atom stereocenters. The van der Waals surface area contributed by atoms with Gasteiger partial charge in [-0.2, -0.15) is 13.2 Å². The largest absolute Gasteiger partial charge is 0.416 e. The molecule has 1 aliphatic rings. The fourth-order valence-corrected chi connectivity index (χ4v) is 4.60. The topological polar surface area (TPSA) is 91.4 Å². The Labute approximate surface area is 194 Å². The van der Waals surface area contributed by atoms with Gasteiger partial charge in [0.05, 0.1) is 22.3 Å². The molecule has 178 valence electrons. The highest BCUT2D eigenvalue weighted by molar-refractivity contribution is 7.92. The van der Waals surface area contributed by atoms with Crippen molar-refractivity contribution in [3.8, 4) is 0 Å². The Bertz CT molecular complexity index is 1270. The maximum atomic E-state index is 12.9. The van der Waals surface area contributed by atoms with E-state index in [1.165, 1.54) is 30.3 Å². The van der Waals surface area contributed by atoms with E-state index in [-0.39, 0.29) is 16.1 Å². The van der Waals surface area contributed by atoms with Crippen molar-refractivity contribution in [1.29, 1.82) is 0 Å². The normalized spacial score (nSPS) is 14.1. The zero-order chi connectivity index (χ0) is 24.3. The SMILES string of the molecule is O=C(Nc1ccc(N2CCCC2)nc1)c1ccc(S(=O)(=O)Nc2cccc(C(F)(F)F)c2)cc1. The Hall–Kier alpha value is -3.60. The van der Waals surface area contributed by atoms with Gasteiger partial charge in [-0.3, -0.25) is 9.52 Å². The lowest BCUT2D eigenvalue weighted by Gasteiger charge is -2.16. The third-order valence-electron chi connectivity index (χ3n) is 5.30. The Morgan fingerprint density at radius 1 is 0.941 bits per heavy atom. The average molecular weight is 491 g/mol. The highest BCUT2D eigenvalue weighted by Crippen LogP contribution is 2.31. The number of alkyl halides is 3. The third-order valence-corrected chi connectivity index (χ3v) is 6.70. The van der Waals surface area contributed by atoms with Crippen molar-refractivity contribution in [1.82, 2.24) is 4.98 Å². The first kappa shape index (κ1) is 23.6. The van der Waals surface area contributed by atoms with E-state index in [0.29, 0.717) is 11.8 Å². The number of nitrogens with zero attached hydrogens (tertiary/aromatic N) is 2. The summed E-state index contributed by atoms with van der Waals surface area (Å²) in [6.07, 6.45) is -0.785. The Balaban J connectivity index is 1.42. The van der Waals surface area contributed by atoms with Crippen LogP contribution < -0.4 is 14.9 Å². The van der Waals surface area contributed by atoms with Crippen LogP contribution in [0.3, 0.4) is 0 Å². The predicted octanol–water partition coefficient (Wildman–Crippen LogP) is 4.75. The number of aromatic nitrogens is 1. The van der Waals surface area contributed by atoms with Gasteiger partial charge in [-0.1, -0.05) is 6.07 Å². The molecule has 2 N–H and O–H groups in total. The average Bonchev–Trinajstić information content (AvgIpc) is 3.34. The molecule has 0 aliphatic carbocycles. The summed E-state index contributed by atoms with van der Waals surface area (Å²) in [5.74, 6) is 0.392. The van der Waals surface area contributed by atoms with Gasteiger partial charge in [0, 0.05) is 24.3 Å². The molecule has 1 aliphatic heterocycles. The number of halogens is 3. The maximum Gasteiger partial charge on any atom is 0.416 e. The van der Waals surface area contributed by atoms with E-state index in [2.05, 4.69) is 19.9 Å². The maximum absolute atomic E-state index is 12.9. The van der Waals surface area contributed by atoms with Gasteiger partial charge in [0.2, 0.25) is 0 Å². The molecule has 1 amide bonds. The van der Waals surface area contributed by atoms with Crippen molar-refractivity contribution in [3.63, 3.8) is 0 Å². The molecule has 1 aromatic heterocycles. The summed E-state index contributed by atoms with van der Waals surface area (Å²) in [7, 11) is -4.15. The molecule has 34 heavy (non-hydrogen) atoms. The minimum Gasteiger partial charge on any atom is -0.357 e. The van der Waals surface area contributed by atoms with Gasteiger partial charge < -0.3 is 10.2 Å². The molecule has 0 bridgehead atoms. The molecular weight excluding hydrogens is 469 g/mol. The van der Waals surface area contributed by atoms with Crippen molar-refractivity contribution >= 4 is 33.1 Å². The lowest BCUT2D eigenvalue weighted by molar-refractivity contribution is -0.137. The number of hydrogen-bond donors (Lipinski definition) is 2. The first-order valence-electron chi connectivity index (χ1n) is 10.4. The fourth-order valence-electron chi connectivity index (χ4n) is 3.56. The van der Waals surface area contributed by atoms with Crippen LogP contribution in [0.2, 0.25) is 0 Å². The number of rotatable bonds is 6. The Morgan fingerprint density at radius 3 is 2.26 bits per heavy atom. The zero-order valence-corrected chi connectivity index (χ0v) is 18.7. The van der Waals surface area contributed by atoms with Gasteiger partial charge in [-0.05, 0) is 67.4 Å². The lowest BCUT2D eigenvalue weighted by Crippen LogP contribution is -2.19. The van der Waals surface area contributed by atoms with E-state index in [1.807, 2.05) is 6.07 Å². The second-order valence-corrected chi connectivity index (χ2v) is 9.44. The predicted molar refractivity (Wildman–Crippen MR) is 122 cm³/mol. The van der Waals surface area contributed by atoms with Gasteiger partial charge in [-0.15, -0.1) is 0 Å². The number of anilines is 3. The molecule has 0 atom stereocenters. The van der Waals surface area contributed by atoms with Gasteiger partial charge >= 0.3 is 6.18 Å². The fraction of sp³-hybridized carbons (Fsp3) is 0.217. The van der Waals surface area contributed by atoms with Crippen molar-refractivity contribution in [3.05, 3.63) is 78.0 Å². The molecule has 1 saturated heterocycles. The van der Waals surface area contributed by atoms with E-state index in [4.69, 9.17) is 0 Å². The number of carbonyl (C=O) groups excluding carboxylic acids is 1. The molecule has 7 nitrogen and oxygen atoms in total. The summed E-state index contributed by atoms with van der Waals surface area (Å²) in [6, 6.07) is 12.5. The molecular formula is C23H21F3N4O3S. The molecule has 0 radical (unpaired) electrons. The van der Waals surface area contributed by atoms with Crippen molar-refractivity contribution in [2.45, 2.75) is 23.9 Å². The summed E-state index contributed by atoms with van der Waals surface area (Å²) in [5.41, 5.74) is -0.485. The van der Waals surface area contributed by atoms with Crippen LogP contribution in [0.25, 0.3) is 0 Å². The van der Waals surface area contributed by atoms with Crippen molar-refractivity contribution in [2.75, 3.05) is 28.0 Å². The number of amides is 1. The molecule has 0 saturated carbocycles. The van der Waals surface area contributed by atoms with Crippen LogP contribution >= 0.6 is 0 Å². The standard InChI is InChI=1S/C23H21F3N4O3S/c24-23(25,26)17-4-3-5-18(14-17)29-34(32,33)20-9-6-16(7-10-20)22(31)28-19-8-11-21(27-15-19)30-12-1-2-13-30/h3-11,14-15,29H,1-2,12-13H2,(H,28,31). The van der Waals surface area contributed by atoms with Crippen LogP contribution in [-0.2, 0) is 16.2 Å². The zero-order valence-electron chi connectivity index (χ0n) is 17.8. The summed E-state index contributed by atoms with van der Waals surface area (Å²) in [4.78, 5) is 18.9. The summed E-state index contributed by atoms with van der Waals surface area (Å²) < 4.78 is 65.9. The number of hydrogen-bond acceptors (Lipinski definition) is 5. The summed E-state index contributed by atoms with van der Waals surface area (Å²) in [5, 5.41) is 2.70. The minimum atomic E-state index is -4.60. The Morgan fingerprint density at radius 2 is 1.65 bits per heavy atom. The van der Waals surface area contributed by atoms with Gasteiger partial charge in [0.15, 0.2) is 0 Å². The van der Waals surface area contributed by atoms with Crippen LogP contribution in [0.5, 0.6) is 0 Å². The molecule has 0 spiro atoms. The number of pyridine rings is 1. The second-order valence-electron chi connectivity index (χ2n) is 7.76. The number of nitrogens with one attached hydrogen (secondary N) is 2. The van der Waals surface area contributed by atoms with Gasteiger partial charge in [0.1, 0.15) is 5.82 Å². The monoisotopic (exact) mass is 490 g/mol. The number of carbonyl (C=O) groups is 1. The van der Waals surface area contributed by atoms with Crippen LogP contribution in [0.4, 0.5) is 30.4 Å². The number of sulfonamides is 1. The first-order chi connectivity index (χ1) is 16.1. The Kier molecular flexibility index (Phi) is 6.47. The van der Waals surface area contributed by atoms with Crippen LogP contribution in [0.15, 0.2) is 71.8 Å². The van der Waals surface area contributed by atoms with Gasteiger partial charge in [0.25, 0.3) is 15.9 Å². The summed E-state index contributed by atoms with van der Waals surface area (Å²) in [6.45, 7) is 1.91. The van der Waals surface area contributed by atoms with Gasteiger partial charge in [-0.25, -0.2) is 13.4 Å². The third kappa shape index (κ3) is 5.48. The van der Waals surface area contributed by atoms with E-state index in [0.717, 1.165) is 43.9 Å². The number of benzene rings is 2. The van der Waals surface area contributed by atoms with Crippen molar-refractivity contribution in [2.24, 2.45) is 0 Å². The quantitative estimate of drug-likeness (QED) is 0.520. The molecule has 1 fully saturated rings. The summed E-state index contributed by atoms with van der Waals surface area (Å²) >= 11 is 0.